The van der Waals surface area contributed by atoms with Crippen molar-refractivity contribution in [2.24, 2.45) is 5.41 Å². The van der Waals surface area contributed by atoms with Gasteiger partial charge in [0.15, 0.2) is 11.5 Å². The first-order valence-electron chi connectivity index (χ1n) is 17.8. The van der Waals surface area contributed by atoms with Crippen molar-refractivity contribution in [1.29, 1.82) is 0 Å². The number of amides is 2. The molecule has 10 heteroatoms. The zero-order chi connectivity index (χ0) is 35.7. The number of para-hydroxylation sites is 1. The van der Waals surface area contributed by atoms with Gasteiger partial charge in [-0.15, -0.1) is 0 Å². The van der Waals surface area contributed by atoms with Gasteiger partial charge in [0.1, 0.15) is 12.2 Å². The van der Waals surface area contributed by atoms with Crippen molar-refractivity contribution in [3.05, 3.63) is 88.4 Å². The molecule has 2 heterocycles. The van der Waals surface area contributed by atoms with E-state index < -0.39 is 12.2 Å². The highest BCUT2D eigenvalue weighted by Crippen LogP contribution is 2.45. The van der Waals surface area contributed by atoms with Gasteiger partial charge in [0.05, 0.1) is 20.1 Å². The van der Waals surface area contributed by atoms with E-state index in [0.717, 1.165) is 51.0 Å². The summed E-state index contributed by atoms with van der Waals surface area (Å²) in [5, 5.41) is 4.04. The average Bonchev–Trinajstić information content (AvgIpc) is 3.19. The largest absolute Gasteiger partial charge is 0.492 e. The monoisotopic (exact) mass is 704 g/mol. The van der Waals surface area contributed by atoms with Crippen LogP contribution in [-0.4, -0.2) is 94.3 Å². The van der Waals surface area contributed by atoms with Gasteiger partial charge in [-0.25, -0.2) is 0 Å². The lowest BCUT2D eigenvalue weighted by molar-refractivity contribution is -0.144. The van der Waals surface area contributed by atoms with E-state index in [1.807, 2.05) is 48.3 Å². The van der Waals surface area contributed by atoms with Crippen molar-refractivity contribution in [2.75, 3.05) is 71.5 Å². The molecule has 1 saturated heterocycles. The lowest BCUT2D eigenvalue weighted by atomic mass is 9.94. The number of methoxy groups -OCH3 is 1. The first-order valence-corrected chi connectivity index (χ1v) is 18.2. The minimum atomic E-state index is -1.01. The molecule has 1 fully saturated rings. The number of nitrogens with one attached hydrogen (secondary N) is 1. The third-order valence-electron chi connectivity index (χ3n) is 9.17. The van der Waals surface area contributed by atoms with Gasteiger partial charge in [-0.1, -0.05) is 74.8 Å². The van der Waals surface area contributed by atoms with E-state index in [2.05, 4.69) is 55.3 Å². The van der Waals surface area contributed by atoms with Crippen LogP contribution >= 0.6 is 11.6 Å². The van der Waals surface area contributed by atoms with Gasteiger partial charge in [0, 0.05) is 54.6 Å². The quantitative estimate of drug-likeness (QED) is 0.195. The van der Waals surface area contributed by atoms with Crippen LogP contribution in [0.5, 0.6) is 11.5 Å². The van der Waals surface area contributed by atoms with Crippen LogP contribution in [0.4, 0.5) is 5.69 Å². The second-order valence-electron chi connectivity index (χ2n) is 14.5. The van der Waals surface area contributed by atoms with Gasteiger partial charge >= 0.3 is 0 Å². The highest BCUT2D eigenvalue weighted by Gasteiger charge is 2.41. The molecule has 2 aliphatic rings. The molecule has 0 aromatic heterocycles. The first kappa shape index (κ1) is 37.6. The van der Waals surface area contributed by atoms with Crippen LogP contribution in [-0.2, 0) is 20.7 Å². The molecule has 270 valence electrons. The van der Waals surface area contributed by atoms with E-state index in [9.17, 15) is 9.59 Å². The molecular formula is C40H53ClN4O5. The van der Waals surface area contributed by atoms with Gasteiger partial charge in [-0.3, -0.25) is 9.59 Å². The molecule has 0 spiro atoms. The zero-order valence-electron chi connectivity index (χ0n) is 30.3. The van der Waals surface area contributed by atoms with Gasteiger partial charge in [0.25, 0.3) is 5.91 Å². The van der Waals surface area contributed by atoms with Gasteiger partial charge < -0.3 is 34.2 Å². The molecule has 2 amide bonds. The van der Waals surface area contributed by atoms with E-state index in [4.69, 9.17) is 25.8 Å². The maximum atomic E-state index is 14.4. The number of carbonyl (C=O) groups is 2. The maximum Gasteiger partial charge on any atom is 0.256 e. The summed E-state index contributed by atoms with van der Waals surface area (Å²) in [4.78, 5) is 33.9. The molecule has 3 aromatic rings. The topological polar surface area (TPSA) is 83.6 Å². The van der Waals surface area contributed by atoms with Crippen LogP contribution in [0.25, 0.3) is 0 Å². The predicted molar refractivity (Wildman–Crippen MR) is 199 cm³/mol. The van der Waals surface area contributed by atoms with Crippen molar-refractivity contribution in [2.45, 2.75) is 58.7 Å². The minimum absolute atomic E-state index is 0.0573. The molecular weight excluding hydrogens is 652 g/mol. The molecule has 5 rings (SSSR count). The number of ether oxygens (including phenoxy) is 3. The number of benzene rings is 3. The van der Waals surface area contributed by atoms with E-state index >= 15 is 0 Å². The number of anilines is 1. The number of carbonyl (C=O) groups excluding carboxylic acids is 2. The summed E-state index contributed by atoms with van der Waals surface area (Å²) in [6.45, 7) is 11.8. The Morgan fingerprint density at radius 2 is 1.70 bits per heavy atom. The minimum Gasteiger partial charge on any atom is -0.492 e. The number of fused-ring (bicyclic) bond motifs is 1. The normalized spacial score (nSPS) is 18.5. The van der Waals surface area contributed by atoms with E-state index in [0.29, 0.717) is 54.0 Å². The first-order chi connectivity index (χ1) is 24.0. The van der Waals surface area contributed by atoms with Crippen molar-refractivity contribution in [3.8, 4) is 11.5 Å². The summed E-state index contributed by atoms with van der Waals surface area (Å²) in [6.07, 6.45) is 1.14. The Hall–Kier alpha value is -3.63. The molecule has 3 aromatic carbocycles. The summed E-state index contributed by atoms with van der Waals surface area (Å²) in [5.41, 5.74) is 3.28. The Morgan fingerprint density at radius 3 is 2.42 bits per heavy atom. The summed E-state index contributed by atoms with van der Waals surface area (Å²) in [6, 6.07) is 21.8. The van der Waals surface area contributed by atoms with Crippen molar-refractivity contribution in [3.63, 3.8) is 0 Å². The van der Waals surface area contributed by atoms with E-state index in [-0.39, 0.29) is 23.7 Å². The van der Waals surface area contributed by atoms with Crippen LogP contribution in [0.2, 0.25) is 5.02 Å². The highest BCUT2D eigenvalue weighted by molar-refractivity contribution is 6.30. The summed E-state index contributed by atoms with van der Waals surface area (Å²) in [7, 11) is 3.66. The second-order valence-corrected chi connectivity index (χ2v) is 14.9. The lowest BCUT2D eigenvalue weighted by Gasteiger charge is -2.34. The molecule has 0 aliphatic carbocycles. The number of hydrogen-bond donors (Lipinski definition) is 1. The molecule has 0 radical (unpaired) electrons. The standard InChI is InChI=1S/C40H53ClN4O5/c1-40(2,3)28-45-33-18-17-30(41)26-32(33)37(50-35(39(45)47)27-36(46)44-23-21-43(4)22-24-44)31-15-9-16-34(38(31)48-5)49-25-11-20-42-19-10-14-29-12-7-6-8-13-29/h6-9,12-13,15-18,26,35,37,42H,10-11,14,19-25,27-28H2,1-5H3/t35-,37-/m1/s1. The number of piperazine rings is 1. The van der Waals surface area contributed by atoms with Crippen LogP contribution < -0.4 is 19.7 Å². The Labute approximate surface area is 302 Å². The molecule has 50 heavy (non-hydrogen) atoms. The Kier molecular flexibility index (Phi) is 13.2. The van der Waals surface area contributed by atoms with E-state index in [1.165, 1.54) is 5.56 Å². The zero-order valence-corrected chi connectivity index (χ0v) is 31.0. The van der Waals surface area contributed by atoms with Crippen molar-refractivity contribution in [1.82, 2.24) is 15.1 Å². The number of likely N-dealkylation sites (N-methyl/N-ethyl adjacent to an activating group) is 1. The van der Waals surface area contributed by atoms with Gasteiger partial charge in [-0.05, 0) is 74.6 Å². The third-order valence-corrected chi connectivity index (χ3v) is 9.40. The number of aryl methyl sites for hydroxylation is 1. The fourth-order valence-electron chi connectivity index (χ4n) is 6.56. The maximum absolute atomic E-state index is 14.4. The lowest BCUT2D eigenvalue weighted by Crippen LogP contribution is -2.50. The third kappa shape index (κ3) is 10.00. The molecule has 2 aliphatic heterocycles. The predicted octanol–water partition coefficient (Wildman–Crippen LogP) is 6.37. The van der Waals surface area contributed by atoms with Gasteiger partial charge in [0.2, 0.25) is 5.91 Å². The number of rotatable bonds is 14. The molecule has 0 bridgehead atoms. The summed E-state index contributed by atoms with van der Waals surface area (Å²) >= 11 is 6.61. The molecule has 9 nitrogen and oxygen atoms in total. The van der Waals surface area contributed by atoms with Crippen molar-refractivity contribution < 1.29 is 23.8 Å². The molecule has 1 N–H and O–H groups in total. The molecule has 2 atom stereocenters. The fourth-order valence-corrected chi connectivity index (χ4v) is 6.75. The summed E-state index contributed by atoms with van der Waals surface area (Å²) in [5.74, 6) is 0.789. The Morgan fingerprint density at radius 1 is 0.960 bits per heavy atom. The summed E-state index contributed by atoms with van der Waals surface area (Å²) < 4.78 is 19.0. The number of hydrogen-bond acceptors (Lipinski definition) is 7. The highest BCUT2D eigenvalue weighted by atomic mass is 35.5. The second kappa shape index (κ2) is 17.5. The van der Waals surface area contributed by atoms with Gasteiger partial charge in [-0.2, -0.15) is 0 Å². The Balaban J connectivity index is 1.35. The number of halogens is 1. The van der Waals surface area contributed by atoms with Crippen LogP contribution in [0.1, 0.15) is 62.8 Å². The molecule has 0 unspecified atom stereocenters. The Bertz CT molecular complexity index is 1570. The van der Waals surface area contributed by atoms with E-state index in [1.54, 1.807) is 18.1 Å². The molecule has 0 saturated carbocycles. The SMILES string of the molecule is COc1c(OCCCNCCCc2ccccc2)cccc1[C@H]1O[C@H](CC(=O)N2CCN(C)CC2)C(=O)N(CC(C)(C)C)c2ccc(Cl)cc21. The number of nitrogens with zero attached hydrogens (tertiary/aromatic N) is 3. The van der Waals surface area contributed by atoms with Crippen LogP contribution in [0, 0.1) is 5.41 Å². The van der Waals surface area contributed by atoms with Crippen LogP contribution in [0.15, 0.2) is 66.7 Å². The smallest absolute Gasteiger partial charge is 0.256 e. The average molecular weight is 705 g/mol. The fraction of sp³-hybridized carbons (Fsp3) is 0.500. The van der Waals surface area contributed by atoms with Crippen LogP contribution in [0.3, 0.4) is 0 Å². The van der Waals surface area contributed by atoms with Crippen molar-refractivity contribution >= 4 is 29.1 Å².